The molecule has 1 aliphatic rings. The van der Waals surface area contributed by atoms with Gasteiger partial charge in [0.25, 0.3) is 0 Å². The Kier molecular flexibility index (Phi) is 3.06. The molecule has 2 N–H and O–H groups in total. The van der Waals surface area contributed by atoms with Crippen molar-refractivity contribution in [1.29, 1.82) is 0 Å². The number of hydrogen-bond acceptors (Lipinski definition) is 6. The molecule has 7 heteroatoms. The zero-order valence-electron chi connectivity index (χ0n) is 11.0. The topological polar surface area (TPSA) is 88.2 Å². The van der Waals surface area contributed by atoms with Crippen LogP contribution < -0.4 is 5.32 Å². The highest BCUT2D eigenvalue weighted by Crippen LogP contribution is 2.33. The van der Waals surface area contributed by atoms with Crippen molar-refractivity contribution in [2.24, 2.45) is 5.92 Å². The Morgan fingerprint density at radius 2 is 2.21 bits per heavy atom. The SMILES string of the molecule is CC1CCC(CO)(Nc2ccc3nnnn3n2)CC1. The molecule has 0 spiro atoms. The van der Waals surface area contributed by atoms with Crippen LogP contribution in [-0.4, -0.2) is 42.5 Å². The molecule has 0 atom stereocenters. The Bertz CT molecular complexity index is 560. The molecule has 0 saturated heterocycles. The lowest BCUT2D eigenvalue weighted by molar-refractivity contribution is 0.155. The van der Waals surface area contributed by atoms with Gasteiger partial charge < -0.3 is 10.4 Å². The molecule has 7 nitrogen and oxygen atoms in total. The number of aliphatic hydroxyl groups is 1. The first-order valence-corrected chi connectivity index (χ1v) is 6.65. The average molecular weight is 262 g/mol. The van der Waals surface area contributed by atoms with Gasteiger partial charge in [0.05, 0.1) is 12.1 Å². The highest BCUT2D eigenvalue weighted by atomic mass is 16.3. The predicted molar refractivity (Wildman–Crippen MR) is 69.6 cm³/mol. The number of hydrogen-bond donors (Lipinski definition) is 2. The molecular weight excluding hydrogens is 244 g/mol. The Morgan fingerprint density at radius 3 is 2.95 bits per heavy atom. The lowest BCUT2D eigenvalue weighted by Crippen LogP contribution is -2.45. The standard InChI is InChI=1S/C12H18N6O/c1-9-4-6-12(8-19,7-5-9)13-10-2-3-11-14-16-17-18(11)15-10/h2-3,9,19H,4-8H2,1H3,(H,13,15). The van der Waals surface area contributed by atoms with Crippen molar-refractivity contribution < 1.29 is 5.11 Å². The highest BCUT2D eigenvalue weighted by molar-refractivity contribution is 5.44. The number of nitrogens with zero attached hydrogens (tertiary/aromatic N) is 5. The van der Waals surface area contributed by atoms with E-state index in [1.54, 1.807) is 0 Å². The fourth-order valence-electron chi connectivity index (χ4n) is 2.63. The zero-order chi connectivity index (χ0) is 13.3. The van der Waals surface area contributed by atoms with Gasteiger partial charge in [-0.1, -0.05) is 6.92 Å². The second kappa shape index (κ2) is 4.73. The molecule has 2 aromatic heterocycles. The molecule has 2 heterocycles. The quantitative estimate of drug-likeness (QED) is 0.853. The lowest BCUT2D eigenvalue weighted by Gasteiger charge is -2.39. The van der Waals surface area contributed by atoms with Crippen molar-refractivity contribution in [3.63, 3.8) is 0 Å². The molecule has 0 unspecified atom stereocenters. The summed E-state index contributed by atoms with van der Waals surface area (Å²) in [4.78, 5) is 0. The fraction of sp³-hybridized carbons (Fsp3) is 0.667. The predicted octanol–water partition coefficient (Wildman–Crippen LogP) is 0.872. The molecule has 3 rings (SSSR count). The first kappa shape index (κ1) is 12.3. The Hall–Kier alpha value is -1.76. The van der Waals surface area contributed by atoms with E-state index in [1.807, 2.05) is 12.1 Å². The van der Waals surface area contributed by atoms with Gasteiger partial charge in [-0.15, -0.1) is 14.8 Å². The summed E-state index contributed by atoms with van der Waals surface area (Å²) < 4.78 is 1.39. The van der Waals surface area contributed by atoms with Crippen LogP contribution in [-0.2, 0) is 0 Å². The highest BCUT2D eigenvalue weighted by Gasteiger charge is 2.33. The fourth-order valence-corrected chi connectivity index (χ4v) is 2.63. The summed E-state index contributed by atoms with van der Waals surface area (Å²) >= 11 is 0. The van der Waals surface area contributed by atoms with Crippen molar-refractivity contribution in [2.45, 2.75) is 38.1 Å². The molecule has 2 aromatic rings. The first-order chi connectivity index (χ1) is 9.21. The van der Waals surface area contributed by atoms with Gasteiger partial charge in [-0.2, -0.15) is 0 Å². The van der Waals surface area contributed by atoms with Crippen molar-refractivity contribution in [3.8, 4) is 0 Å². The maximum Gasteiger partial charge on any atom is 0.200 e. The molecule has 1 aliphatic carbocycles. The Balaban J connectivity index is 1.81. The Morgan fingerprint density at radius 1 is 1.42 bits per heavy atom. The average Bonchev–Trinajstić information content (AvgIpc) is 2.89. The minimum atomic E-state index is -0.263. The smallest absolute Gasteiger partial charge is 0.200 e. The van der Waals surface area contributed by atoms with Crippen molar-refractivity contribution in [2.75, 3.05) is 11.9 Å². The third-order valence-corrected chi connectivity index (χ3v) is 4.00. The third-order valence-electron chi connectivity index (χ3n) is 4.00. The summed E-state index contributed by atoms with van der Waals surface area (Å²) in [5.41, 5.74) is 0.349. The van der Waals surface area contributed by atoms with Crippen LogP contribution in [0, 0.1) is 5.92 Å². The lowest BCUT2D eigenvalue weighted by atomic mass is 9.77. The van der Waals surface area contributed by atoms with E-state index in [-0.39, 0.29) is 12.1 Å². The van der Waals surface area contributed by atoms with Crippen molar-refractivity contribution in [1.82, 2.24) is 25.3 Å². The van der Waals surface area contributed by atoms with Crippen LogP contribution in [0.1, 0.15) is 32.6 Å². The van der Waals surface area contributed by atoms with Crippen LogP contribution in [0.4, 0.5) is 5.82 Å². The van der Waals surface area contributed by atoms with E-state index in [0.29, 0.717) is 11.5 Å². The van der Waals surface area contributed by atoms with Gasteiger partial charge in [-0.3, -0.25) is 0 Å². The molecule has 1 saturated carbocycles. The monoisotopic (exact) mass is 262 g/mol. The molecule has 1 fully saturated rings. The van der Waals surface area contributed by atoms with Crippen LogP contribution in [0.15, 0.2) is 12.1 Å². The van der Waals surface area contributed by atoms with Gasteiger partial charge in [-0.25, -0.2) is 0 Å². The van der Waals surface area contributed by atoms with E-state index in [4.69, 9.17) is 0 Å². The van der Waals surface area contributed by atoms with Gasteiger partial charge in [0, 0.05) is 0 Å². The number of anilines is 1. The molecular formula is C12H18N6O. The Labute approximate surface area is 111 Å². The molecule has 102 valence electrons. The van der Waals surface area contributed by atoms with Gasteiger partial charge in [0.2, 0.25) is 0 Å². The molecule has 0 radical (unpaired) electrons. The van der Waals surface area contributed by atoms with Crippen LogP contribution in [0.25, 0.3) is 5.65 Å². The second-order valence-corrected chi connectivity index (χ2v) is 5.49. The summed E-state index contributed by atoms with van der Waals surface area (Å²) in [6, 6.07) is 3.66. The number of tetrazole rings is 1. The van der Waals surface area contributed by atoms with Crippen LogP contribution in [0.2, 0.25) is 0 Å². The van der Waals surface area contributed by atoms with Crippen molar-refractivity contribution in [3.05, 3.63) is 12.1 Å². The zero-order valence-corrected chi connectivity index (χ0v) is 11.0. The molecule has 19 heavy (non-hydrogen) atoms. The largest absolute Gasteiger partial charge is 0.394 e. The molecule has 0 aliphatic heterocycles. The van der Waals surface area contributed by atoms with E-state index in [0.717, 1.165) is 31.6 Å². The minimum absolute atomic E-state index is 0.120. The van der Waals surface area contributed by atoms with Crippen molar-refractivity contribution >= 4 is 11.5 Å². The van der Waals surface area contributed by atoms with Gasteiger partial charge in [-0.05, 0) is 54.2 Å². The molecule has 0 amide bonds. The van der Waals surface area contributed by atoms with Crippen LogP contribution in [0.5, 0.6) is 0 Å². The van der Waals surface area contributed by atoms with E-state index in [1.165, 1.54) is 4.63 Å². The number of fused-ring (bicyclic) bond motifs is 1. The summed E-state index contributed by atoms with van der Waals surface area (Å²) in [6.07, 6.45) is 4.17. The summed E-state index contributed by atoms with van der Waals surface area (Å²) in [5.74, 6) is 1.43. The summed E-state index contributed by atoms with van der Waals surface area (Å²) in [6.45, 7) is 2.38. The third kappa shape index (κ3) is 2.37. The first-order valence-electron chi connectivity index (χ1n) is 6.65. The van der Waals surface area contributed by atoms with E-state index >= 15 is 0 Å². The summed E-state index contributed by atoms with van der Waals surface area (Å²) in [5, 5.41) is 28.5. The maximum atomic E-state index is 9.72. The van der Waals surface area contributed by atoms with E-state index in [9.17, 15) is 5.11 Å². The van der Waals surface area contributed by atoms with Crippen LogP contribution >= 0.6 is 0 Å². The minimum Gasteiger partial charge on any atom is -0.394 e. The van der Waals surface area contributed by atoms with Gasteiger partial charge in [0.15, 0.2) is 5.65 Å². The number of rotatable bonds is 3. The number of nitrogens with one attached hydrogen (secondary N) is 1. The van der Waals surface area contributed by atoms with E-state index in [2.05, 4.69) is 32.9 Å². The number of aliphatic hydroxyl groups excluding tert-OH is 1. The van der Waals surface area contributed by atoms with Gasteiger partial charge >= 0.3 is 0 Å². The number of aromatic nitrogens is 5. The molecule has 0 aromatic carbocycles. The van der Waals surface area contributed by atoms with Gasteiger partial charge in [0.1, 0.15) is 5.82 Å². The summed E-state index contributed by atoms with van der Waals surface area (Å²) in [7, 11) is 0. The maximum absolute atomic E-state index is 9.72. The second-order valence-electron chi connectivity index (χ2n) is 5.49. The molecule has 0 bridgehead atoms. The van der Waals surface area contributed by atoms with Crippen LogP contribution in [0.3, 0.4) is 0 Å². The van der Waals surface area contributed by atoms with E-state index < -0.39 is 0 Å². The normalized spacial score (nSPS) is 27.6.